The molecule has 3 heteroatoms. The van der Waals surface area contributed by atoms with Crippen LogP contribution in [-0.2, 0) is 0 Å². The van der Waals surface area contributed by atoms with Gasteiger partial charge >= 0.3 is 0 Å². The molecule has 0 aromatic heterocycles. The summed E-state index contributed by atoms with van der Waals surface area (Å²) in [6, 6.07) is 7.21. The predicted octanol–water partition coefficient (Wildman–Crippen LogP) is 0.440. The Kier molecular flexibility index (Phi) is 1.75. The molecule has 1 aliphatic rings. The molecule has 0 spiro atoms. The van der Waals surface area contributed by atoms with E-state index in [0.29, 0.717) is 0 Å². The Morgan fingerprint density at radius 2 is 2.17 bits per heavy atom. The van der Waals surface area contributed by atoms with Crippen molar-refractivity contribution in [2.24, 2.45) is 5.73 Å². The zero-order valence-electron chi connectivity index (χ0n) is 6.60. The Labute approximate surface area is 70.8 Å². The first-order chi connectivity index (χ1) is 5.79. The minimum Gasteiger partial charge on any atom is -0.490 e. The van der Waals surface area contributed by atoms with E-state index in [9.17, 15) is 5.11 Å². The van der Waals surface area contributed by atoms with Crippen LogP contribution in [0, 0.1) is 0 Å². The zero-order chi connectivity index (χ0) is 8.55. The van der Waals surface area contributed by atoms with Gasteiger partial charge in [0, 0.05) is 5.56 Å². The molecule has 1 heterocycles. The van der Waals surface area contributed by atoms with Crippen molar-refractivity contribution in [3.05, 3.63) is 29.8 Å². The lowest BCUT2D eigenvalue weighted by atomic mass is 9.99. The fourth-order valence-electron chi connectivity index (χ4n) is 1.37. The number of aliphatic hydroxyl groups excluding tert-OH is 1. The van der Waals surface area contributed by atoms with Crippen LogP contribution in [0.15, 0.2) is 24.3 Å². The van der Waals surface area contributed by atoms with Crippen LogP contribution in [0.5, 0.6) is 5.75 Å². The number of ether oxygens (including phenoxy) is 1. The first kappa shape index (κ1) is 7.58. The number of para-hydroxylation sites is 1. The number of rotatable bonds is 0. The molecule has 0 fully saturated rings. The van der Waals surface area contributed by atoms with Crippen molar-refractivity contribution in [2.45, 2.75) is 12.1 Å². The number of aliphatic hydroxyl groups is 1. The molecule has 1 aromatic rings. The van der Waals surface area contributed by atoms with E-state index in [1.807, 2.05) is 24.3 Å². The predicted molar refractivity (Wildman–Crippen MR) is 44.9 cm³/mol. The highest BCUT2D eigenvalue weighted by Crippen LogP contribution is 2.29. The molecule has 12 heavy (non-hydrogen) atoms. The maximum Gasteiger partial charge on any atom is 0.124 e. The zero-order valence-corrected chi connectivity index (χ0v) is 6.60. The quantitative estimate of drug-likeness (QED) is 0.586. The summed E-state index contributed by atoms with van der Waals surface area (Å²) < 4.78 is 5.28. The van der Waals surface area contributed by atoms with Gasteiger partial charge in [-0.05, 0) is 6.07 Å². The van der Waals surface area contributed by atoms with Gasteiger partial charge < -0.3 is 15.6 Å². The second kappa shape index (κ2) is 2.77. The average molecular weight is 165 g/mol. The molecular weight excluding hydrogens is 154 g/mol. The van der Waals surface area contributed by atoms with E-state index < -0.39 is 6.10 Å². The summed E-state index contributed by atoms with van der Waals surface area (Å²) in [7, 11) is 0. The summed E-state index contributed by atoms with van der Waals surface area (Å²) in [6.45, 7) is 0.290. The largest absolute Gasteiger partial charge is 0.490 e. The van der Waals surface area contributed by atoms with Crippen LogP contribution in [-0.4, -0.2) is 17.8 Å². The SMILES string of the molecule is N[C@H]1c2ccccc2OC[C@H]1O. The molecule has 0 bridgehead atoms. The summed E-state index contributed by atoms with van der Waals surface area (Å²) in [5.74, 6) is 0.787. The molecule has 1 aliphatic heterocycles. The van der Waals surface area contributed by atoms with Crippen LogP contribution in [0.2, 0.25) is 0 Å². The van der Waals surface area contributed by atoms with Gasteiger partial charge in [0.2, 0.25) is 0 Å². The summed E-state index contributed by atoms with van der Waals surface area (Å²) in [6.07, 6.45) is -0.583. The second-order valence-electron chi connectivity index (χ2n) is 2.94. The van der Waals surface area contributed by atoms with Gasteiger partial charge in [-0.25, -0.2) is 0 Å². The monoisotopic (exact) mass is 165 g/mol. The van der Waals surface area contributed by atoms with E-state index in [-0.39, 0.29) is 12.6 Å². The number of hydrogen-bond donors (Lipinski definition) is 2. The third-order valence-corrected chi connectivity index (χ3v) is 2.10. The molecule has 1 aromatic carbocycles. The summed E-state index contributed by atoms with van der Waals surface area (Å²) in [4.78, 5) is 0. The fourth-order valence-corrected chi connectivity index (χ4v) is 1.37. The molecule has 0 saturated carbocycles. The second-order valence-corrected chi connectivity index (χ2v) is 2.94. The van der Waals surface area contributed by atoms with Crippen LogP contribution in [0.25, 0.3) is 0 Å². The van der Waals surface area contributed by atoms with Crippen LogP contribution >= 0.6 is 0 Å². The lowest BCUT2D eigenvalue weighted by Gasteiger charge is -2.27. The van der Waals surface area contributed by atoms with E-state index >= 15 is 0 Å². The maximum absolute atomic E-state index is 9.37. The van der Waals surface area contributed by atoms with Gasteiger partial charge in [-0.3, -0.25) is 0 Å². The van der Waals surface area contributed by atoms with Crippen molar-refractivity contribution < 1.29 is 9.84 Å². The molecule has 3 N–H and O–H groups in total. The molecule has 64 valence electrons. The summed E-state index contributed by atoms with van der Waals surface area (Å²) in [5, 5.41) is 9.37. The standard InChI is InChI=1S/C9H11NO2/c10-9-6-3-1-2-4-8(6)12-5-7(9)11/h1-4,7,9,11H,5,10H2/t7-,9+/m1/s1. The molecule has 2 atom stereocenters. The van der Waals surface area contributed by atoms with Gasteiger partial charge in [0.1, 0.15) is 18.5 Å². The maximum atomic E-state index is 9.37. The third-order valence-electron chi connectivity index (χ3n) is 2.10. The van der Waals surface area contributed by atoms with Crippen molar-refractivity contribution >= 4 is 0 Å². The average Bonchev–Trinajstić information content (AvgIpc) is 2.12. The number of benzene rings is 1. The fraction of sp³-hybridized carbons (Fsp3) is 0.333. The van der Waals surface area contributed by atoms with Crippen LogP contribution in [0.1, 0.15) is 11.6 Å². The van der Waals surface area contributed by atoms with Gasteiger partial charge in [0.25, 0.3) is 0 Å². The van der Waals surface area contributed by atoms with Crippen molar-refractivity contribution in [3.8, 4) is 5.75 Å². The number of nitrogens with two attached hydrogens (primary N) is 1. The topological polar surface area (TPSA) is 55.5 Å². The van der Waals surface area contributed by atoms with E-state index in [1.54, 1.807) is 0 Å². The normalized spacial score (nSPS) is 27.5. The lowest BCUT2D eigenvalue weighted by Crippen LogP contribution is -2.35. The van der Waals surface area contributed by atoms with Gasteiger partial charge in [-0.15, -0.1) is 0 Å². The van der Waals surface area contributed by atoms with E-state index in [0.717, 1.165) is 11.3 Å². The van der Waals surface area contributed by atoms with Crippen LogP contribution in [0.3, 0.4) is 0 Å². The summed E-state index contributed by atoms with van der Waals surface area (Å²) in [5.41, 5.74) is 6.65. The molecule has 0 amide bonds. The molecule has 0 radical (unpaired) electrons. The highest BCUT2D eigenvalue weighted by molar-refractivity contribution is 5.37. The molecule has 3 nitrogen and oxygen atoms in total. The van der Waals surface area contributed by atoms with Gasteiger partial charge in [0.15, 0.2) is 0 Å². The minimum absolute atomic E-state index is 0.290. The van der Waals surface area contributed by atoms with E-state index in [4.69, 9.17) is 10.5 Å². The Morgan fingerprint density at radius 1 is 1.42 bits per heavy atom. The first-order valence-electron chi connectivity index (χ1n) is 3.94. The molecule has 0 saturated heterocycles. The van der Waals surface area contributed by atoms with Crippen LogP contribution < -0.4 is 10.5 Å². The molecular formula is C9H11NO2. The first-order valence-corrected chi connectivity index (χ1v) is 3.94. The molecule has 2 rings (SSSR count). The Hall–Kier alpha value is -1.06. The van der Waals surface area contributed by atoms with Crippen molar-refractivity contribution in [2.75, 3.05) is 6.61 Å². The smallest absolute Gasteiger partial charge is 0.124 e. The molecule has 0 unspecified atom stereocenters. The number of fused-ring (bicyclic) bond motifs is 1. The van der Waals surface area contributed by atoms with Gasteiger partial charge in [-0.1, -0.05) is 18.2 Å². The van der Waals surface area contributed by atoms with Crippen molar-refractivity contribution in [1.29, 1.82) is 0 Å². The summed E-state index contributed by atoms with van der Waals surface area (Å²) >= 11 is 0. The van der Waals surface area contributed by atoms with Gasteiger partial charge in [-0.2, -0.15) is 0 Å². The van der Waals surface area contributed by atoms with Crippen molar-refractivity contribution in [3.63, 3.8) is 0 Å². The van der Waals surface area contributed by atoms with E-state index in [1.165, 1.54) is 0 Å². The molecule has 0 aliphatic carbocycles. The Balaban J connectivity index is 2.42. The number of hydrogen-bond acceptors (Lipinski definition) is 3. The highest BCUT2D eigenvalue weighted by atomic mass is 16.5. The van der Waals surface area contributed by atoms with Crippen LogP contribution in [0.4, 0.5) is 0 Å². The van der Waals surface area contributed by atoms with E-state index in [2.05, 4.69) is 0 Å². The lowest BCUT2D eigenvalue weighted by molar-refractivity contribution is 0.0679. The van der Waals surface area contributed by atoms with Crippen molar-refractivity contribution in [1.82, 2.24) is 0 Å². The third kappa shape index (κ3) is 1.07. The highest BCUT2D eigenvalue weighted by Gasteiger charge is 2.25. The Bertz CT molecular complexity index is 288. The minimum atomic E-state index is -0.583. The Morgan fingerprint density at radius 3 is 3.00 bits per heavy atom. The van der Waals surface area contributed by atoms with Gasteiger partial charge in [0.05, 0.1) is 6.04 Å².